The minimum atomic E-state index is -0.0763. The molecule has 1 aliphatic heterocycles. The molecule has 1 saturated heterocycles. The van der Waals surface area contributed by atoms with E-state index in [0.29, 0.717) is 6.54 Å². The van der Waals surface area contributed by atoms with E-state index in [0.717, 1.165) is 48.8 Å². The van der Waals surface area contributed by atoms with Crippen LogP contribution in [0.5, 0.6) is 0 Å². The molecule has 2 amide bonds. The summed E-state index contributed by atoms with van der Waals surface area (Å²) in [6.45, 7) is 6.71. The number of piperidine rings is 1. The highest BCUT2D eigenvalue weighted by molar-refractivity contribution is 6.07. The van der Waals surface area contributed by atoms with Crippen LogP contribution in [0.4, 0.5) is 0 Å². The molecule has 0 radical (unpaired) electrons. The normalized spacial score (nSPS) is 17.5. The van der Waals surface area contributed by atoms with Crippen molar-refractivity contribution in [1.29, 1.82) is 0 Å². The smallest absolute Gasteiger partial charge is 0.254 e. The van der Waals surface area contributed by atoms with Crippen LogP contribution in [0.15, 0.2) is 42.5 Å². The molecule has 4 nitrogen and oxygen atoms in total. The summed E-state index contributed by atoms with van der Waals surface area (Å²) in [6, 6.07) is 13.8. The number of benzene rings is 2. The summed E-state index contributed by atoms with van der Waals surface area (Å²) in [6.07, 6.45) is 1.75. The van der Waals surface area contributed by atoms with Gasteiger partial charge in [-0.1, -0.05) is 36.4 Å². The van der Waals surface area contributed by atoms with E-state index in [1.54, 1.807) is 0 Å². The van der Waals surface area contributed by atoms with Crippen LogP contribution in [0.2, 0.25) is 0 Å². The van der Waals surface area contributed by atoms with Gasteiger partial charge >= 0.3 is 0 Å². The van der Waals surface area contributed by atoms with Gasteiger partial charge < -0.3 is 9.80 Å². The van der Waals surface area contributed by atoms with Gasteiger partial charge in [-0.05, 0) is 43.5 Å². The Hall–Kier alpha value is -2.36. The van der Waals surface area contributed by atoms with E-state index >= 15 is 0 Å². The standard InChI is InChI=1S/C21H26N2O2/c1-3-22(4-2)20(24)17-11-8-14-23(15-17)21(25)19-13-7-10-16-9-5-6-12-18(16)19/h5-7,9-10,12-13,17H,3-4,8,11,14-15H2,1-2H3. The molecule has 1 fully saturated rings. The predicted molar refractivity (Wildman–Crippen MR) is 101 cm³/mol. The van der Waals surface area contributed by atoms with Crippen molar-refractivity contribution in [1.82, 2.24) is 9.80 Å². The zero-order chi connectivity index (χ0) is 17.8. The van der Waals surface area contributed by atoms with E-state index in [1.165, 1.54) is 0 Å². The Morgan fingerprint density at radius 3 is 2.56 bits per heavy atom. The number of rotatable bonds is 4. The third kappa shape index (κ3) is 3.53. The molecule has 25 heavy (non-hydrogen) atoms. The molecule has 0 aliphatic carbocycles. The number of hydrogen-bond acceptors (Lipinski definition) is 2. The topological polar surface area (TPSA) is 40.6 Å². The maximum absolute atomic E-state index is 13.1. The molecule has 1 heterocycles. The summed E-state index contributed by atoms with van der Waals surface area (Å²) in [5.41, 5.74) is 0.731. The van der Waals surface area contributed by atoms with Gasteiger partial charge in [-0.25, -0.2) is 0 Å². The first-order chi connectivity index (χ1) is 12.2. The minimum absolute atomic E-state index is 0.0360. The van der Waals surface area contributed by atoms with Gasteiger partial charge in [0.25, 0.3) is 5.91 Å². The van der Waals surface area contributed by atoms with Crippen LogP contribution in [-0.4, -0.2) is 47.8 Å². The zero-order valence-electron chi connectivity index (χ0n) is 15.1. The third-order valence-corrected chi connectivity index (χ3v) is 5.15. The van der Waals surface area contributed by atoms with E-state index in [9.17, 15) is 9.59 Å². The molecule has 1 unspecified atom stereocenters. The quantitative estimate of drug-likeness (QED) is 0.855. The summed E-state index contributed by atoms with van der Waals surface area (Å²) in [5.74, 6) is 0.141. The number of carbonyl (C=O) groups is 2. The van der Waals surface area contributed by atoms with Crippen molar-refractivity contribution in [3.05, 3.63) is 48.0 Å². The molecule has 0 spiro atoms. The Morgan fingerprint density at radius 1 is 1.08 bits per heavy atom. The van der Waals surface area contributed by atoms with Crippen LogP contribution >= 0.6 is 0 Å². The average Bonchev–Trinajstić information content (AvgIpc) is 2.68. The molecule has 2 aromatic carbocycles. The van der Waals surface area contributed by atoms with Gasteiger partial charge in [0, 0.05) is 31.7 Å². The fraction of sp³-hybridized carbons (Fsp3) is 0.429. The fourth-order valence-electron chi connectivity index (χ4n) is 3.74. The molecule has 0 aromatic heterocycles. The summed E-state index contributed by atoms with van der Waals surface area (Å²) in [5, 5.41) is 2.05. The van der Waals surface area contributed by atoms with Crippen molar-refractivity contribution in [2.24, 2.45) is 5.92 Å². The summed E-state index contributed by atoms with van der Waals surface area (Å²) in [7, 11) is 0. The second-order valence-corrected chi connectivity index (χ2v) is 6.63. The van der Waals surface area contributed by atoms with Gasteiger partial charge in [-0.2, -0.15) is 0 Å². The average molecular weight is 338 g/mol. The molecule has 1 aliphatic rings. The van der Waals surface area contributed by atoms with Gasteiger partial charge in [0.1, 0.15) is 0 Å². The second kappa shape index (κ2) is 7.68. The lowest BCUT2D eigenvalue weighted by Crippen LogP contribution is -2.46. The zero-order valence-corrected chi connectivity index (χ0v) is 15.1. The molecule has 0 bridgehead atoms. The molecular formula is C21H26N2O2. The van der Waals surface area contributed by atoms with Gasteiger partial charge in [-0.15, -0.1) is 0 Å². The lowest BCUT2D eigenvalue weighted by molar-refractivity contribution is -0.136. The molecule has 3 rings (SSSR count). The van der Waals surface area contributed by atoms with Crippen molar-refractivity contribution >= 4 is 22.6 Å². The van der Waals surface area contributed by atoms with Crippen molar-refractivity contribution in [3.63, 3.8) is 0 Å². The molecule has 4 heteroatoms. The van der Waals surface area contributed by atoms with Crippen molar-refractivity contribution in [3.8, 4) is 0 Å². The van der Waals surface area contributed by atoms with Crippen LogP contribution in [0.1, 0.15) is 37.0 Å². The molecule has 2 aromatic rings. The van der Waals surface area contributed by atoms with Crippen molar-refractivity contribution < 1.29 is 9.59 Å². The highest BCUT2D eigenvalue weighted by Gasteiger charge is 2.31. The lowest BCUT2D eigenvalue weighted by Gasteiger charge is -2.34. The maximum Gasteiger partial charge on any atom is 0.254 e. The molecular weight excluding hydrogens is 312 g/mol. The maximum atomic E-state index is 13.1. The predicted octanol–water partition coefficient (Wildman–Crippen LogP) is 3.56. The van der Waals surface area contributed by atoms with E-state index < -0.39 is 0 Å². The number of hydrogen-bond donors (Lipinski definition) is 0. The van der Waals surface area contributed by atoms with E-state index in [1.807, 2.05) is 66.1 Å². The van der Waals surface area contributed by atoms with Crippen LogP contribution in [0, 0.1) is 5.92 Å². The molecule has 132 valence electrons. The highest BCUT2D eigenvalue weighted by atomic mass is 16.2. The Kier molecular flexibility index (Phi) is 5.37. The van der Waals surface area contributed by atoms with E-state index in [2.05, 4.69) is 0 Å². The second-order valence-electron chi connectivity index (χ2n) is 6.63. The van der Waals surface area contributed by atoms with E-state index in [-0.39, 0.29) is 17.7 Å². The van der Waals surface area contributed by atoms with Crippen LogP contribution < -0.4 is 0 Å². The summed E-state index contributed by atoms with van der Waals surface area (Å²) >= 11 is 0. The van der Waals surface area contributed by atoms with Gasteiger partial charge in [0.05, 0.1) is 5.92 Å². The Balaban J connectivity index is 1.81. The number of likely N-dealkylation sites (tertiary alicyclic amines) is 1. The van der Waals surface area contributed by atoms with E-state index in [4.69, 9.17) is 0 Å². The number of fused-ring (bicyclic) bond motifs is 1. The van der Waals surface area contributed by atoms with Crippen molar-refractivity contribution in [2.45, 2.75) is 26.7 Å². The molecule has 0 saturated carbocycles. The highest BCUT2D eigenvalue weighted by Crippen LogP contribution is 2.24. The summed E-state index contributed by atoms with van der Waals surface area (Å²) < 4.78 is 0. The minimum Gasteiger partial charge on any atom is -0.343 e. The Bertz CT molecular complexity index is 762. The molecule has 0 N–H and O–H groups in total. The Morgan fingerprint density at radius 2 is 1.80 bits per heavy atom. The Labute approximate surface area is 149 Å². The first-order valence-corrected chi connectivity index (χ1v) is 9.21. The number of amides is 2. The number of nitrogens with zero attached hydrogens (tertiary/aromatic N) is 2. The van der Waals surface area contributed by atoms with Crippen LogP contribution in [0.25, 0.3) is 10.8 Å². The van der Waals surface area contributed by atoms with Crippen molar-refractivity contribution in [2.75, 3.05) is 26.2 Å². The third-order valence-electron chi connectivity index (χ3n) is 5.15. The lowest BCUT2D eigenvalue weighted by atomic mass is 9.95. The SMILES string of the molecule is CCN(CC)C(=O)C1CCCN(C(=O)c2cccc3ccccc23)C1. The van der Waals surface area contributed by atoms with Gasteiger partial charge in [-0.3, -0.25) is 9.59 Å². The van der Waals surface area contributed by atoms with Gasteiger partial charge in [0.2, 0.25) is 5.91 Å². The van der Waals surface area contributed by atoms with Gasteiger partial charge in [0.15, 0.2) is 0 Å². The first-order valence-electron chi connectivity index (χ1n) is 9.21. The summed E-state index contributed by atoms with van der Waals surface area (Å²) in [4.78, 5) is 29.5. The van der Waals surface area contributed by atoms with Crippen LogP contribution in [0.3, 0.4) is 0 Å². The monoisotopic (exact) mass is 338 g/mol. The number of carbonyl (C=O) groups excluding carboxylic acids is 2. The largest absolute Gasteiger partial charge is 0.343 e. The van der Waals surface area contributed by atoms with Crippen LogP contribution in [-0.2, 0) is 4.79 Å². The fourth-order valence-corrected chi connectivity index (χ4v) is 3.74. The first kappa shape index (κ1) is 17.5. The molecule has 1 atom stereocenters.